The predicted molar refractivity (Wildman–Crippen MR) is 102 cm³/mol. The van der Waals surface area contributed by atoms with Crippen LogP contribution < -0.4 is 4.74 Å². The summed E-state index contributed by atoms with van der Waals surface area (Å²) in [5, 5.41) is 0. The van der Waals surface area contributed by atoms with Gasteiger partial charge in [0.1, 0.15) is 5.75 Å². The number of hydrogen-bond donors (Lipinski definition) is 0. The minimum Gasteiger partial charge on any atom is -0.426 e. The molecule has 26 heavy (non-hydrogen) atoms. The Morgan fingerprint density at radius 1 is 1.08 bits per heavy atom. The van der Waals surface area contributed by atoms with Gasteiger partial charge in [-0.2, -0.15) is 0 Å². The number of esters is 1. The summed E-state index contributed by atoms with van der Waals surface area (Å²) in [7, 11) is 0. The van der Waals surface area contributed by atoms with Gasteiger partial charge in [-0.3, -0.25) is 14.8 Å². The maximum atomic E-state index is 12.1. The molecule has 0 amide bonds. The summed E-state index contributed by atoms with van der Waals surface area (Å²) in [6.45, 7) is 7.04. The number of benzene rings is 1. The summed E-state index contributed by atoms with van der Waals surface area (Å²) >= 11 is 0. The van der Waals surface area contributed by atoms with E-state index >= 15 is 0 Å². The summed E-state index contributed by atoms with van der Waals surface area (Å²) in [4.78, 5) is 21.0. The lowest BCUT2D eigenvalue weighted by atomic mass is 10.1. The Morgan fingerprint density at radius 3 is 2.46 bits per heavy atom. The first kappa shape index (κ1) is 20.0. The van der Waals surface area contributed by atoms with Crippen LogP contribution in [0.25, 0.3) is 11.3 Å². The SMILES string of the molecule is CCCCc1cnc(-c2ccc(OC(=O)C(C)COCCC)cc2)cn1. The third-order valence-electron chi connectivity index (χ3n) is 3.98. The molecule has 140 valence electrons. The van der Waals surface area contributed by atoms with Crippen molar-refractivity contribution >= 4 is 5.97 Å². The van der Waals surface area contributed by atoms with Gasteiger partial charge in [-0.25, -0.2) is 0 Å². The molecule has 0 fully saturated rings. The highest BCUT2D eigenvalue weighted by molar-refractivity contribution is 5.75. The molecule has 0 aliphatic heterocycles. The fraction of sp³-hybridized carbons (Fsp3) is 0.476. The lowest BCUT2D eigenvalue weighted by molar-refractivity contribution is -0.140. The van der Waals surface area contributed by atoms with Crippen LogP contribution in [-0.2, 0) is 16.0 Å². The number of aromatic nitrogens is 2. The number of ether oxygens (including phenoxy) is 2. The van der Waals surface area contributed by atoms with E-state index in [4.69, 9.17) is 9.47 Å². The van der Waals surface area contributed by atoms with Crippen LogP contribution in [0.5, 0.6) is 5.75 Å². The Labute approximate surface area is 155 Å². The van der Waals surface area contributed by atoms with E-state index in [1.54, 1.807) is 18.3 Å². The number of nitrogens with zero attached hydrogens (tertiary/aromatic N) is 2. The molecular weight excluding hydrogens is 328 g/mol. The molecule has 0 radical (unpaired) electrons. The Balaban J connectivity index is 1.92. The van der Waals surface area contributed by atoms with Gasteiger partial charge in [-0.1, -0.05) is 20.3 Å². The Bertz CT molecular complexity index is 669. The third-order valence-corrected chi connectivity index (χ3v) is 3.98. The van der Waals surface area contributed by atoms with Crippen LogP contribution in [0.4, 0.5) is 0 Å². The minimum absolute atomic E-state index is 0.283. The van der Waals surface area contributed by atoms with Crippen molar-refractivity contribution in [2.45, 2.75) is 46.5 Å². The molecule has 0 spiro atoms. The number of aryl methyl sites for hydroxylation is 1. The number of unbranched alkanes of at least 4 members (excludes halogenated alkanes) is 1. The predicted octanol–water partition coefficient (Wildman–Crippen LogP) is 4.45. The van der Waals surface area contributed by atoms with Gasteiger partial charge in [0, 0.05) is 18.4 Å². The summed E-state index contributed by atoms with van der Waals surface area (Å²) in [6, 6.07) is 7.33. The second kappa shape index (κ2) is 10.7. The highest BCUT2D eigenvalue weighted by Crippen LogP contribution is 2.21. The minimum atomic E-state index is -0.289. The lowest BCUT2D eigenvalue weighted by Gasteiger charge is -2.11. The molecule has 0 N–H and O–H groups in total. The Morgan fingerprint density at radius 2 is 1.85 bits per heavy atom. The number of hydrogen-bond acceptors (Lipinski definition) is 5. The van der Waals surface area contributed by atoms with Crippen molar-refractivity contribution in [2.24, 2.45) is 5.92 Å². The highest BCUT2D eigenvalue weighted by Gasteiger charge is 2.15. The first-order valence-corrected chi connectivity index (χ1v) is 9.34. The van der Waals surface area contributed by atoms with Crippen LogP contribution in [0, 0.1) is 5.92 Å². The summed E-state index contributed by atoms with van der Waals surface area (Å²) < 4.78 is 10.8. The second-order valence-electron chi connectivity index (χ2n) is 6.42. The van der Waals surface area contributed by atoms with Crippen LogP contribution in [0.15, 0.2) is 36.7 Å². The van der Waals surface area contributed by atoms with E-state index < -0.39 is 0 Å². The van der Waals surface area contributed by atoms with Crippen molar-refractivity contribution in [3.8, 4) is 17.0 Å². The molecule has 1 aromatic carbocycles. The van der Waals surface area contributed by atoms with Crippen molar-refractivity contribution in [1.82, 2.24) is 9.97 Å². The molecule has 1 atom stereocenters. The topological polar surface area (TPSA) is 61.3 Å². The van der Waals surface area contributed by atoms with Gasteiger partial charge in [0.25, 0.3) is 0 Å². The highest BCUT2D eigenvalue weighted by atomic mass is 16.5. The van der Waals surface area contributed by atoms with Gasteiger partial charge in [-0.15, -0.1) is 0 Å². The first-order chi connectivity index (χ1) is 12.6. The summed E-state index contributed by atoms with van der Waals surface area (Å²) in [5.74, 6) is -0.0507. The molecule has 0 saturated carbocycles. The molecule has 0 aliphatic rings. The average molecular weight is 356 g/mol. The van der Waals surface area contributed by atoms with Crippen molar-refractivity contribution in [3.05, 3.63) is 42.4 Å². The largest absolute Gasteiger partial charge is 0.426 e. The molecule has 0 aliphatic carbocycles. The van der Waals surface area contributed by atoms with E-state index in [0.29, 0.717) is 19.0 Å². The molecule has 2 rings (SSSR count). The number of carbonyl (C=O) groups is 1. The third kappa shape index (κ3) is 6.23. The quantitative estimate of drug-likeness (QED) is 0.357. The Hall–Kier alpha value is -2.27. The lowest BCUT2D eigenvalue weighted by Crippen LogP contribution is -2.22. The summed E-state index contributed by atoms with van der Waals surface area (Å²) in [5.41, 5.74) is 2.77. The fourth-order valence-electron chi connectivity index (χ4n) is 2.37. The van der Waals surface area contributed by atoms with E-state index in [9.17, 15) is 4.79 Å². The summed E-state index contributed by atoms with van der Waals surface area (Å²) in [6.07, 6.45) is 7.78. The van der Waals surface area contributed by atoms with E-state index in [0.717, 1.165) is 42.6 Å². The monoisotopic (exact) mass is 356 g/mol. The van der Waals surface area contributed by atoms with Gasteiger partial charge >= 0.3 is 5.97 Å². The molecular formula is C21H28N2O3. The zero-order valence-electron chi connectivity index (χ0n) is 15.9. The smallest absolute Gasteiger partial charge is 0.316 e. The van der Waals surface area contributed by atoms with E-state index in [2.05, 4.69) is 16.9 Å². The normalized spacial score (nSPS) is 12.0. The van der Waals surface area contributed by atoms with Crippen LogP contribution in [-0.4, -0.2) is 29.2 Å². The molecule has 5 nitrogen and oxygen atoms in total. The van der Waals surface area contributed by atoms with Crippen LogP contribution in [0.1, 0.15) is 45.7 Å². The average Bonchev–Trinajstić information content (AvgIpc) is 2.67. The Kier molecular flexibility index (Phi) is 8.22. The van der Waals surface area contributed by atoms with Crippen LogP contribution in [0.3, 0.4) is 0 Å². The van der Waals surface area contributed by atoms with Crippen LogP contribution >= 0.6 is 0 Å². The molecule has 2 aromatic rings. The zero-order chi connectivity index (χ0) is 18.8. The van der Waals surface area contributed by atoms with Gasteiger partial charge in [0.2, 0.25) is 0 Å². The molecule has 0 saturated heterocycles. The van der Waals surface area contributed by atoms with Crippen molar-refractivity contribution in [3.63, 3.8) is 0 Å². The van der Waals surface area contributed by atoms with Gasteiger partial charge in [0.15, 0.2) is 0 Å². The molecule has 5 heteroatoms. The van der Waals surface area contributed by atoms with Gasteiger partial charge in [-0.05, 0) is 50.5 Å². The first-order valence-electron chi connectivity index (χ1n) is 9.34. The van der Waals surface area contributed by atoms with E-state index in [1.807, 2.05) is 32.2 Å². The number of carbonyl (C=O) groups excluding carboxylic acids is 1. The van der Waals surface area contributed by atoms with Crippen molar-refractivity contribution in [2.75, 3.05) is 13.2 Å². The maximum absolute atomic E-state index is 12.1. The van der Waals surface area contributed by atoms with Gasteiger partial charge < -0.3 is 9.47 Å². The van der Waals surface area contributed by atoms with Crippen LogP contribution in [0.2, 0.25) is 0 Å². The zero-order valence-corrected chi connectivity index (χ0v) is 15.9. The molecule has 1 aromatic heterocycles. The molecule has 1 heterocycles. The molecule has 0 bridgehead atoms. The van der Waals surface area contributed by atoms with Gasteiger partial charge in [0.05, 0.1) is 30.1 Å². The standard InChI is InChI=1S/C21H28N2O3/c1-4-6-7-18-13-23-20(14-22-18)17-8-10-19(11-9-17)26-21(24)16(3)15-25-12-5-2/h8-11,13-14,16H,4-7,12,15H2,1-3H3. The van der Waals surface area contributed by atoms with Crippen molar-refractivity contribution in [1.29, 1.82) is 0 Å². The van der Waals surface area contributed by atoms with E-state index in [-0.39, 0.29) is 11.9 Å². The fourth-order valence-corrected chi connectivity index (χ4v) is 2.37. The van der Waals surface area contributed by atoms with Crippen molar-refractivity contribution < 1.29 is 14.3 Å². The van der Waals surface area contributed by atoms with E-state index in [1.165, 1.54) is 0 Å². The second-order valence-corrected chi connectivity index (χ2v) is 6.42. The maximum Gasteiger partial charge on any atom is 0.316 e. The molecule has 1 unspecified atom stereocenters. The number of rotatable bonds is 10.